The number of esters is 1. The minimum atomic E-state index is -0.864. The van der Waals surface area contributed by atoms with Crippen LogP contribution in [-0.2, 0) is 4.74 Å². The second-order valence-corrected chi connectivity index (χ2v) is 6.93. The number of carbonyl (C=O) groups is 2. The van der Waals surface area contributed by atoms with Crippen LogP contribution in [0, 0.1) is 0 Å². The summed E-state index contributed by atoms with van der Waals surface area (Å²) in [5, 5.41) is 2.88. The molecule has 1 N–H and O–H groups in total. The second-order valence-electron chi connectivity index (χ2n) is 6.93. The second kappa shape index (κ2) is 7.67. The molecule has 3 aromatic rings. The highest BCUT2D eigenvalue weighted by molar-refractivity contribution is 6.08. The van der Waals surface area contributed by atoms with Crippen LogP contribution < -0.4 is 15.1 Å². The molecule has 0 radical (unpaired) electrons. The zero-order chi connectivity index (χ0) is 20.4. The molecule has 6 heteroatoms. The number of fused-ring (bicyclic) bond motifs is 1. The van der Waals surface area contributed by atoms with Crippen LogP contribution in [0.25, 0.3) is 0 Å². The maximum Gasteiger partial charge on any atom is 0.342 e. The lowest BCUT2D eigenvalue weighted by Gasteiger charge is -2.36. The Hall–Kier alpha value is -3.80. The normalized spacial score (nSPS) is 15.3. The standard InChI is InChI=1S/C23H21N3O3/c1-25(2)18-14-12-16(13-15-18)21-26(23(28)24-17-8-4-3-5-9-17)20-11-7-6-10-19(20)22(27)29-21/h3-15,21H,1-2H3,(H,24,28). The van der Waals surface area contributed by atoms with Crippen LogP contribution in [0.3, 0.4) is 0 Å². The minimum absolute atomic E-state index is 0.358. The molecule has 1 atom stereocenters. The number of nitrogens with one attached hydrogen (secondary N) is 1. The van der Waals surface area contributed by atoms with E-state index in [9.17, 15) is 9.59 Å². The number of cyclic esters (lactones) is 1. The van der Waals surface area contributed by atoms with Crippen molar-refractivity contribution in [2.45, 2.75) is 6.23 Å². The van der Waals surface area contributed by atoms with Crippen LogP contribution in [0.2, 0.25) is 0 Å². The van der Waals surface area contributed by atoms with Crippen LogP contribution >= 0.6 is 0 Å². The summed E-state index contributed by atoms with van der Waals surface area (Å²) in [7, 11) is 3.90. The molecule has 0 fully saturated rings. The first-order valence-corrected chi connectivity index (χ1v) is 9.27. The topological polar surface area (TPSA) is 61.9 Å². The number of anilines is 3. The van der Waals surface area contributed by atoms with Crippen molar-refractivity contribution in [2.75, 3.05) is 29.2 Å². The number of hydrogen-bond acceptors (Lipinski definition) is 4. The van der Waals surface area contributed by atoms with Crippen LogP contribution in [0.1, 0.15) is 22.1 Å². The molecule has 0 aliphatic carbocycles. The number of amides is 2. The first kappa shape index (κ1) is 18.6. The van der Waals surface area contributed by atoms with Crippen molar-refractivity contribution in [1.29, 1.82) is 0 Å². The van der Waals surface area contributed by atoms with Crippen LogP contribution in [0.5, 0.6) is 0 Å². The maximum atomic E-state index is 13.2. The number of ether oxygens (including phenoxy) is 1. The molecule has 6 nitrogen and oxygen atoms in total. The van der Waals surface area contributed by atoms with Crippen molar-refractivity contribution < 1.29 is 14.3 Å². The lowest BCUT2D eigenvalue weighted by Crippen LogP contribution is -2.44. The zero-order valence-corrected chi connectivity index (χ0v) is 16.2. The van der Waals surface area contributed by atoms with E-state index >= 15 is 0 Å². The van der Waals surface area contributed by atoms with E-state index in [1.54, 1.807) is 36.4 Å². The number of para-hydroxylation sites is 2. The van der Waals surface area contributed by atoms with E-state index in [4.69, 9.17) is 4.74 Å². The Morgan fingerprint density at radius 2 is 1.59 bits per heavy atom. The fourth-order valence-electron chi connectivity index (χ4n) is 3.28. The van der Waals surface area contributed by atoms with Gasteiger partial charge in [0.05, 0.1) is 11.3 Å². The number of nitrogens with zero attached hydrogens (tertiary/aromatic N) is 2. The summed E-state index contributed by atoms with van der Waals surface area (Å²) in [4.78, 5) is 29.3. The highest BCUT2D eigenvalue weighted by Crippen LogP contribution is 2.37. The predicted octanol–water partition coefficient (Wildman–Crippen LogP) is 4.66. The third-order valence-corrected chi connectivity index (χ3v) is 4.78. The van der Waals surface area contributed by atoms with Gasteiger partial charge in [0.1, 0.15) is 0 Å². The van der Waals surface area contributed by atoms with E-state index in [2.05, 4.69) is 5.32 Å². The van der Waals surface area contributed by atoms with Crippen molar-refractivity contribution in [3.63, 3.8) is 0 Å². The molecule has 0 aromatic heterocycles. The molecule has 1 aliphatic heterocycles. The molecule has 0 spiro atoms. The summed E-state index contributed by atoms with van der Waals surface area (Å²) in [5.74, 6) is -0.453. The molecule has 0 saturated heterocycles. The summed E-state index contributed by atoms with van der Waals surface area (Å²) in [6.07, 6.45) is -0.864. The molecule has 29 heavy (non-hydrogen) atoms. The van der Waals surface area contributed by atoms with Crippen molar-refractivity contribution in [3.05, 3.63) is 90.0 Å². The Balaban J connectivity index is 1.74. The van der Waals surface area contributed by atoms with Crippen molar-refractivity contribution >= 4 is 29.1 Å². The van der Waals surface area contributed by atoms with Gasteiger partial charge >= 0.3 is 12.0 Å². The van der Waals surface area contributed by atoms with Gasteiger partial charge in [0.2, 0.25) is 6.23 Å². The highest BCUT2D eigenvalue weighted by atomic mass is 16.6. The number of urea groups is 1. The molecular formula is C23H21N3O3. The van der Waals surface area contributed by atoms with E-state index in [-0.39, 0.29) is 6.03 Å². The van der Waals surface area contributed by atoms with Crippen LogP contribution in [-0.4, -0.2) is 26.1 Å². The van der Waals surface area contributed by atoms with Crippen molar-refractivity contribution in [2.24, 2.45) is 0 Å². The molecule has 146 valence electrons. The van der Waals surface area contributed by atoms with Gasteiger partial charge in [0.25, 0.3) is 0 Å². The lowest BCUT2D eigenvalue weighted by atomic mass is 10.1. The average Bonchev–Trinajstić information content (AvgIpc) is 2.74. The number of carbonyl (C=O) groups excluding carboxylic acids is 2. The van der Waals surface area contributed by atoms with E-state index in [0.29, 0.717) is 22.5 Å². The summed E-state index contributed by atoms with van der Waals surface area (Å²) < 4.78 is 5.68. The summed E-state index contributed by atoms with van der Waals surface area (Å²) in [6.45, 7) is 0. The van der Waals surface area contributed by atoms with E-state index in [1.807, 2.05) is 61.5 Å². The average molecular weight is 387 g/mol. The van der Waals surface area contributed by atoms with Gasteiger partial charge < -0.3 is 15.0 Å². The Kier molecular flexibility index (Phi) is 4.91. The van der Waals surface area contributed by atoms with Gasteiger partial charge in [-0.2, -0.15) is 0 Å². The Labute approximate surface area is 169 Å². The largest absolute Gasteiger partial charge is 0.433 e. The number of rotatable bonds is 3. The lowest BCUT2D eigenvalue weighted by molar-refractivity contribution is 0.0274. The summed E-state index contributed by atoms with van der Waals surface area (Å²) >= 11 is 0. The molecule has 1 unspecified atom stereocenters. The quantitative estimate of drug-likeness (QED) is 0.664. The van der Waals surface area contributed by atoms with Gasteiger partial charge in [0, 0.05) is 31.0 Å². The van der Waals surface area contributed by atoms with Crippen LogP contribution in [0.4, 0.5) is 21.9 Å². The maximum absolute atomic E-state index is 13.2. The molecular weight excluding hydrogens is 366 g/mol. The highest BCUT2D eigenvalue weighted by Gasteiger charge is 2.37. The molecule has 1 aliphatic rings. The third kappa shape index (κ3) is 3.65. The van der Waals surface area contributed by atoms with E-state index < -0.39 is 12.2 Å². The Morgan fingerprint density at radius 3 is 2.28 bits per heavy atom. The Morgan fingerprint density at radius 1 is 0.931 bits per heavy atom. The summed E-state index contributed by atoms with van der Waals surface area (Å²) in [5.41, 5.74) is 3.25. The minimum Gasteiger partial charge on any atom is -0.433 e. The molecule has 1 heterocycles. The first-order valence-electron chi connectivity index (χ1n) is 9.27. The van der Waals surface area contributed by atoms with E-state index in [1.165, 1.54) is 4.90 Å². The molecule has 3 aromatic carbocycles. The molecule has 4 rings (SSSR count). The Bertz CT molecular complexity index is 1030. The fraction of sp³-hybridized carbons (Fsp3) is 0.130. The zero-order valence-electron chi connectivity index (χ0n) is 16.2. The monoisotopic (exact) mass is 387 g/mol. The predicted molar refractivity (Wildman–Crippen MR) is 113 cm³/mol. The molecule has 0 bridgehead atoms. The van der Waals surface area contributed by atoms with Gasteiger partial charge in [-0.3, -0.25) is 4.90 Å². The van der Waals surface area contributed by atoms with Gasteiger partial charge in [-0.25, -0.2) is 9.59 Å². The fourth-order valence-corrected chi connectivity index (χ4v) is 3.28. The van der Waals surface area contributed by atoms with Gasteiger partial charge in [0.15, 0.2) is 0 Å². The van der Waals surface area contributed by atoms with Crippen molar-refractivity contribution in [1.82, 2.24) is 0 Å². The smallest absolute Gasteiger partial charge is 0.342 e. The number of hydrogen-bond donors (Lipinski definition) is 1. The summed E-state index contributed by atoms with van der Waals surface area (Å²) in [6, 6.07) is 23.3. The number of benzene rings is 3. The van der Waals surface area contributed by atoms with Gasteiger partial charge in [-0.05, 0) is 36.4 Å². The third-order valence-electron chi connectivity index (χ3n) is 4.78. The van der Waals surface area contributed by atoms with Crippen molar-refractivity contribution in [3.8, 4) is 0 Å². The van der Waals surface area contributed by atoms with Crippen LogP contribution in [0.15, 0.2) is 78.9 Å². The van der Waals surface area contributed by atoms with Gasteiger partial charge in [-0.15, -0.1) is 0 Å². The molecule has 2 amide bonds. The SMILES string of the molecule is CN(C)c1ccc(C2OC(=O)c3ccccc3N2C(=O)Nc2ccccc2)cc1. The first-order chi connectivity index (χ1) is 14.0. The van der Waals surface area contributed by atoms with E-state index in [0.717, 1.165) is 5.69 Å². The molecule has 0 saturated carbocycles. The van der Waals surface area contributed by atoms with Gasteiger partial charge in [-0.1, -0.05) is 42.5 Å².